The predicted octanol–water partition coefficient (Wildman–Crippen LogP) is 5.21. The van der Waals surface area contributed by atoms with Crippen LogP contribution in [0.25, 0.3) is 0 Å². The van der Waals surface area contributed by atoms with Crippen molar-refractivity contribution in [2.75, 3.05) is 18.0 Å². The van der Waals surface area contributed by atoms with Crippen molar-refractivity contribution in [3.8, 4) is 11.5 Å². The van der Waals surface area contributed by atoms with Gasteiger partial charge in [0.25, 0.3) is 15.9 Å². The van der Waals surface area contributed by atoms with Gasteiger partial charge in [-0.1, -0.05) is 37.6 Å². The number of carbonyl (C=O) groups excluding carboxylic acids is 1. The Kier molecular flexibility index (Phi) is 7.93. The predicted molar refractivity (Wildman–Crippen MR) is 128 cm³/mol. The molecule has 0 aliphatic heterocycles. The van der Waals surface area contributed by atoms with Crippen LogP contribution in [0.2, 0.25) is 0 Å². The van der Waals surface area contributed by atoms with E-state index in [1.165, 1.54) is 31.4 Å². The van der Waals surface area contributed by atoms with E-state index in [9.17, 15) is 13.2 Å². The molecule has 6 nitrogen and oxygen atoms in total. The average Bonchev–Trinajstić information content (AvgIpc) is 2.80. The number of hydrogen-bond acceptors (Lipinski definition) is 5. The number of halogens is 1. The molecule has 1 amide bonds. The topological polar surface area (TPSA) is 72.9 Å². The van der Waals surface area contributed by atoms with Crippen molar-refractivity contribution in [1.29, 1.82) is 0 Å². The van der Waals surface area contributed by atoms with Crippen LogP contribution in [0.4, 0.5) is 5.69 Å². The van der Waals surface area contributed by atoms with E-state index in [0.717, 1.165) is 22.7 Å². The number of amides is 1. The summed E-state index contributed by atoms with van der Waals surface area (Å²) in [5, 5.41) is 0. The molecule has 0 saturated heterocycles. The van der Waals surface area contributed by atoms with Gasteiger partial charge in [0.2, 0.25) is 0 Å². The van der Waals surface area contributed by atoms with E-state index in [4.69, 9.17) is 9.47 Å². The Hall–Kier alpha value is -2.84. The highest BCUT2D eigenvalue weighted by Crippen LogP contribution is 2.29. The quantitative estimate of drug-likeness (QED) is 0.389. The van der Waals surface area contributed by atoms with Crippen molar-refractivity contribution in [1.82, 2.24) is 0 Å². The van der Waals surface area contributed by atoms with E-state index in [0.29, 0.717) is 16.0 Å². The van der Waals surface area contributed by atoms with Gasteiger partial charge in [-0.3, -0.25) is 4.79 Å². The Morgan fingerprint density at radius 1 is 1.00 bits per heavy atom. The molecule has 3 aromatic rings. The fraction of sp³-hybridized carbons (Fsp3) is 0.208. The van der Waals surface area contributed by atoms with E-state index in [2.05, 4.69) is 22.9 Å². The number of benzene rings is 3. The van der Waals surface area contributed by atoms with Crippen LogP contribution in [0, 0.1) is 0 Å². The third-order valence-electron chi connectivity index (χ3n) is 4.70. The Balaban J connectivity index is 1.90. The standard InChI is InChI=1S/C24H24BrNO5S/c1-3-7-18-10-15-23(22(25)16-18)31-17-24(27)26(19-11-13-20(30-2)14-12-19)32(28,29)21-8-5-4-6-9-21/h4-6,8-16H,3,7,17H2,1-2H3. The van der Waals surface area contributed by atoms with Gasteiger partial charge in [0.15, 0.2) is 6.61 Å². The van der Waals surface area contributed by atoms with E-state index in [1.807, 2.05) is 12.1 Å². The van der Waals surface area contributed by atoms with E-state index in [1.54, 1.807) is 36.4 Å². The van der Waals surface area contributed by atoms with Gasteiger partial charge in [-0.25, -0.2) is 8.42 Å². The van der Waals surface area contributed by atoms with Crippen LogP contribution in [0.3, 0.4) is 0 Å². The molecule has 0 aliphatic rings. The summed E-state index contributed by atoms with van der Waals surface area (Å²) < 4.78 is 39.0. The number of nitrogens with zero attached hydrogens (tertiary/aromatic N) is 1. The maximum atomic E-state index is 13.3. The zero-order chi connectivity index (χ0) is 23.1. The summed E-state index contributed by atoms with van der Waals surface area (Å²) in [5.41, 5.74) is 1.34. The second kappa shape index (κ2) is 10.7. The largest absolute Gasteiger partial charge is 0.497 e. The number of methoxy groups -OCH3 is 1. The Labute approximate surface area is 197 Å². The van der Waals surface area contributed by atoms with Crippen molar-refractivity contribution in [2.45, 2.75) is 24.7 Å². The van der Waals surface area contributed by atoms with Crippen molar-refractivity contribution in [3.63, 3.8) is 0 Å². The third-order valence-corrected chi connectivity index (χ3v) is 7.08. The Morgan fingerprint density at radius 2 is 1.69 bits per heavy atom. The minimum Gasteiger partial charge on any atom is -0.497 e. The first kappa shape index (κ1) is 23.8. The lowest BCUT2D eigenvalue weighted by atomic mass is 10.1. The minimum atomic E-state index is -4.15. The third kappa shape index (κ3) is 5.49. The molecule has 0 spiro atoms. The number of anilines is 1. The summed E-state index contributed by atoms with van der Waals surface area (Å²) in [6.07, 6.45) is 1.94. The molecule has 0 atom stereocenters. The lowest BCUT2D eigenvalue weighted by Crippen LogP contribution is -2.40. The molecule has 3 rings (SSSR count). The van der Waals surface area contributed by atoms with Crippen molar-refractivity contribution in [3.05, 3.63) is 82.8 Å². The van der Waals surface area contributed by atoms with Gasteiger partial charge < -0.3 is 9.47 Å². The first-order chi connectivity index (χ1) is 15.4. The van der Waals surface area contributed by atoms with Gasteiger partial charge in [0, 0.05) is 0 Å². The molecule has 0 unspecified atom stereocenters. The summed E-state index contributed by atoms with van der Waals surface area (Å²) in [6, 6.07) is 19.7. The van der Waals surface area contributed by atoms with Gasteiger partial charge >= 0.3 is 0 Å². The van der Waals surface area contributed by atoms with Crippen LogP contribution in [0.5, 0.6) is 11.5 Å². The highest BCUT2D eigenvalue weighted by Gasteiger charge is 2.31. The lowest BCUT2D eigenvalue weighted by molar-refractivity contribution is -0.119. The summed E-state index contributed by atoms with van der Waals surface area (Å²) in [6.45, 7) is 1.64. The number of carbonyl (C=O) groups is 1. The van der Waals surface area contributed by atoms with E-state index in [-0.39, 0.29) is 10.6 Å². The van der Waals surface area contributed by atoms with E-state index >= 15 is 0 Å². The van der Waals surface area contributed by atoms with Crippen LogP contribution in [-0.2, 0) is 21.2 Å². The van der Waals surface area contributed by atoms with Crippen molar-refractivity contribution >= 4 is 37.5 Å². The van der Waals surface area contributed by atoms with Gasteiger partial charge in [-0.05, 0) is 76.4 Å². The smallest absolute Gasteiger partial charge is 0.278 e. The zero-order valence-corrected chi connectivity index (χ0v) is 20.2. The molecule has 0 heterocycles. The van der Waals surface area contributed by atoms with Gasteiger partial charge in [0.1, 0.15) is 11.5 Å². The van der Waals surface area contributed by atoms with Crippen LogP contribution < -0.4 is 13.8 Å². The van der Waals surface area contributed by atoms with E-state index < -0.39 is 22.5 Å². The molecule has 0 radical (unpaired) electrons. The highest BCUT2D eigenvalue weighted by atomic mass is 79.9. The Morgan fingerprint density at radius 3 is 2.28 bits per heavy atom. The van der Waals surface area contributed by atoms with Crippen LogP contribution >= 0.6 is 15.9 Å². The molecule has 168 valence electrons. The second-order valence-corrected chi connectivity index (χ2v) is 9.62. The first-order valence-electron chi connectivity index (χ1n) is 10.0. The maximum absolute atomic E-state index is 13.3. The van der Waals surface area contributed by atoms with Crippen molar-refractivity contribution in [2.24, 2.45) is 0 Å². The number of ether oxygens (including phenoxy) is 2. The second-order valence-electron chi connectivity index (χ2n) is 6.98. The van der Waals surface area contributed by atoms with Crippen molar-refractivity contribution < 1.29 is 22.7 Å². The Bertz CT molecular complexity index is 1160. The summed E-state index contributed by atoms with van der Waals surface area (Å²) >= 11 is 3.46. The number of hydrogen-bond donors (Lipinski definition) is 0. The molecule has 0 aliphatic carbocycles. The fourth-order valence-corrected chi connectivity index (χ4v) is 5.11. The highest BCUT2D eigenvalue weighted by molar-refractivity contribution is 9.10. The zero-order valence-electron chi connectivity index (χ0n) is 17.8. The normalized spacial score (nSPS) is 11.1. The number of sulfonamides is 1. The van der Waals surface area contributed by atoms with Gasteiger partial charge in [-0.2, -0.15) is 4.31 Å². The molecule has 0 N–H and O–H groups in total. The molecule has 32 heavy (non-hydrogen) atoms. The average molecular weight is 518 g/mol. The molecular formula is C24H24BrNO5S. The molecule has 0 bridgehead atoms. The van der Waals surface area contributed by atoms with Gasteiger partial charge in [-0.15, -0.1) is 0 Å². The summed E-state index contributed by atoms with van der Waals surface area (Å²) in [4.78, 5) is 13.2. The van der Waals surface area contributed by atoms with Crippen LogP contribution in [-0.4, -0.2) is 28.0 Å². The molecule has 8 heteroatoms. The van der Waals surface area contributed by atoms with Crippen LogP contribution in [0.15, 0.2) is 82.2 Å². The number of rotatable bonds is 9. The van der Waals surface area contributed by atoms with Gasteiger partial charge in [0.05, 0.1) is 22.2 Å². The SMILES string of the molecule is CCCc1ccc(OCC(=O)N(c2ccc(OC)cc2)S(=O)(=O)c2ccccc2)c(Br)c1. The number of aryl methyl sites for hydroxylation is 1. The molecule has 0 fully saturated rings. The molecule has 0 aromatic heterocycles. The lowest BCUT2D eigenvalue weighted by Gasteiger charge is -2.23. The minimum absolute atomic E-state index is 0.00858. The molecular weight excluding hydrogens is 494 g/mol. The summed E-state index contributed by atoms with van der Waals surface area (Å²) in [5.74, 6) is 0.291. The monoisotopic (exact) mass is 517 g/mol. The first-order valence-corrected chi connectivity index (χ1v) is 12.3. The molecule has 3 aromatic carbocycles. The fourth-order valence-electron chi connectivity index (χ4n) is 3.14. The molecule has 0 saturated carbocycles. The van der Waals surface area contributed by atoms with Crippen LogP contribution in [0.1, 0.15) is 18.9 Å². The summed E-state index contributed by atoms with van der Waals surface area (Å²) in [7, 11) is -2.64. The maximum Gasteiger partial charge on any atom is 0.278 e.